The second kappa shape index (κ2) is 7.81. The molecule has 2 heterocycles. The number of hydrogen-bond donors (Lipinski definition) is 1. The first-order valence-corrected chi connectivity index (χ1v) is 8.06. The van der Waals surface area contributed by atoms with Gasteiger partial charge in [0.1, 0.15) is 12.5 Å². The number of carbonyl (C=O) groups excluding carboxylic acids is 1. The zero-order chi connectivity index (χ0) is 17.6. The van der Waals surface area contributed by atoms with Crippen molar-refractivity contribution in [2.75, 3.05) is 13.1 Å². The smallest absolute Gasteiger partial charge is 0.251 e. The fraction of sp³-hybridized carbons (Fsp3) is 0.333. The molecule has 1 aromatic heterocycles. The Hall–Kier alpha value is -2.85. The number of nitrogens with zero attached hydrogens (tertiary/aromatic N) is 4. The Morgan fingerprint density at radius 1 is 1.32 bits per heavy atom. The summed E-state index contributed by atoms with van der Waals surface area (Å²) < 4.78 is 13.8. The highest BCUT2D eigenvalue weighted by Gasteiger charge is 2.32. The van der Waals surface area contributed by atoms with Gasteiger partial charge in [-0.15, -0.1) is 0 Å². The van der Waals surface area contributed by atoms with E-state index >= 15 is 0 Å². The van der Waals surface area contributed by atoms with E-state index in [1.54, 1.807) is 36.7 Å². The molecule has 25 heavy (non-hydrogen) atoms. The molecule has 0 saturated carbocycles. The van der Waals surface area contributed by atoms with E-state index in [2.05, 4.69) is 15.3 Å². The number of nitriles is 1. The van der Waals surface area contributed by atoms with Gasteiger partial charge in [0.2, 0.25) is 0 Å². The van der Waals surface area contributed by atoms with E-state index in [1.165, 1.54) is 6.33 Å². The molecule has 128 valence electrons. The predicted molar refractivity (Wildman–Crippen MR) is 89.2 cm³/mol. The number of carbonyl (C=O) groups is 1. The highest BCUT2D eigenvalue weighted by molar-refractivity contribution is 5.94. The van der Waals surface area contributed by atoms with Gasteiger partial charge in [0.05, 0.1) is 11.6 Å². The van der Waals surface area contributed by atoms with Gasteiger partial charge < -0.3 is 5.32 Å². The largest absolute Gasteiger partial charge is 0.350 e. The summed E-state index contributed by atoms with van der Waals surface area (Å²) in [6.45, 7) is 1.26. The van der Waals surface area contributed by atoms with Gasteiger partial charge in [-0.2, -0.15) is 5.26 Å². The Kier molecular flexibility index (Phi) is 5.31. The van der Waals surface area contributed by atoms with E-state index < -0.39 is 6.17 Å². The molecule has 3 rings (SSSR count). The van der Waals surface area contributed by atoms with Gasteiger partial charge in [-0.1, -0.05) is 0 Å². The Morgan fingerprint density at radius 2 is 2.04 bits per heavy atom. The van der Waals surface area contributed by atoms with Crippen LogP contribution in [0, 0.1) is 11.3 Å². The summed E-state index contributed by atoms with van der Waals surface area (Å²) in [6, 6.07) is 8.37. The van der Waals surface area contributed by atoms with Crippen LogP contribution in [0.25, 0.3) is 0 Å². The third kappa shape index (κ3) is 4.37. The lowest BCUT2D eigenvalue weighted by molar-refractivity contribution is 0.0940. The van der Waals surface area contributed by atoms with Gasteiger partial charge in [-0.3, -0.25) is 9.69 Å². The van der Waals surface area contributed by atoms with Crippen molar-refractivity contribution in [1.82, 2.24) is 20.2 Å². The number of alkyl halides is 1. The molecule has 0 spiro atoms. The van der Waals surface area contributed by atoms with Crippen molar-refractivity contribution in [2.24, 2.45) is 0 Å². The highest BCUT2D eigenvalue weighted by Crippen LogP contribution is 2.22. The molecule has 1 aliphatic heterocycles. The number of rotatable bonds is 5. The van der Waals surface area contributed by atoms with E-state index in [1.807, 2.05) is 11.0 Å². The number of hydrogen-bond acceptors (Lipinski definition) is 5. The normalized spacial score (nSPS) is 20.2. The minimum absolute atomic E-state index is 0.0717. The quantitative estimate of drug-likeness (QED) is 0.896. The fourth-order valence-corrected chi connectivity index (χ4v) is 2.98. The molecule has 0 aliphatic carbocycles. The molecular weight excluding hydrogens is 321 g/mol. The molecule has 1 amide bonds. The maximum Gasteiger partial charge on any atom is 0.251 e. The summed E-state index contributed by atoms with van der Waals surface area (Å²) in [4.78, 5) is 22.2. The Labute approximate surface area is 145 Å². The first-order valence-electron chi connectivity index (χ1n) is 8.06. The summed E-state index contributed by atoms with van der Waals surface area (Å²) in [5.74, 6) is -0.227. The van der Waals surface area contributed by atoms with Crippen molar-refractivity contribution in [3.8, 4) is 6.07 Å². The summed E-state index contributed by atoms with van der Waals surface area (Å²) >= 11 is 0. The molecule has 1 aliphatic rings. The number of likely N-dealkylation sites (tertiary alicyclic amines) is 1. The minimum atomic E-state index is -0.901. The van der Waals surface area contributed by atoms with E-state index in [-0.39, 0.29) is 11.9 Å². The topological polar surface area (TPSA) is 81.9 Å². The van der Waals surface area contributed by atoms with Crippen molar-refractivity contribution in [3.05, 3.63) is 59.7 Å². The Bertz CT molecular complexity index is 759. The van der Waals surface area contributed by atoms with Gasteiger partial charge in [-0.05, 0) is 30.7 Å². The number of halogens is 1. The monoisotopic (exact) mass is 339 g/mol. The van der Waals surface area contributed by atoms with Gasteiger partial charge in [-0.25, -0.2) is 14.4 Å². The van der Waals surface area contributed by atoms with Gasteiger partial charge in [0.15, 0.2) is 0 Å². The van der Waals surface area contributed by atoms with Crippen LogP contribution in [0.15, 0.2) is 43.0 Å². The summed E-state index contributed by atoms with van der Waals surface area (Å²) in [6.07, 6.45) is 4.37. The summed E-state index contributed by atoms with van der Waals surface area (Å²) in [5.41, 5.74) is 1.90. The second-order valence-corrected chi connectivity index (χ2v) is 6.06. The average Bonchev–Trinajstić information content (AvgIpc) is 3.00. The fourth-order valence-electron chi connectivity index (χ4n) is 2.98. The molecule has 1 fully saturated rings. The molecule has 1 aromatic carbocycles. The standard InChI is InChI=1S/C18H18FN5O/c19-16-5-17(24(11-16)10-14-7-21-12-22-8-14)9-23-18(25)15-3-1-13(6-20)2-4-15/h1-4,7-8,12,16-17H,5,9-11H2,(H,23,25)/t16-,17-/m0/s1. The minimum Gasteiger partial charge on any atom is -0.350 e. The lowest BCUT2D eigenvalue weighted by Crippen LogP contribution is -2.39. The summed E-state index contributed by atoms with van der Waals surface area (Å²) in [7, 11) is 0. The number of aromatic nitrogens is 2. The highest BCUT2D eigenvalue weighted by atomic mass is 19.1. The van der Waals surface area contributed by atoms with E-state index in [4.69, 9.17) is 5.26 Å². The molecule has 0 bridgehead atoms. The van der Waals surface area contributed by atoms with Crippen molar-refractivity contribution < 1.29 is 9.18 Å². The first-order chi connectivity index (χ1) is 12.2. The molecule has 1 saturated heterocycles. The average molecular weight is 339 g/mol. The molecule has 2 atom stereocenters. The van der Waals surface area contributed by atoms with E-state index in [9.17, 15) is 9.18 Å². The molecule has 0 radical (unpaired) electrons. The lowest BCUT2D eigenvalue weighted by Gasteiger charge is -2.24. The third-order valence-corrected chi connectivity index (χ3v) is 4.25. The summed E-state index contributed by atoms with van der Waals surface area (Å²) in [5, 5.41) is 11.6. The number of benzene rings is 1. The zero-order valence-electron chi connectivity index (χ0n) is 13.6. The van der Waals surface area contributed by atoms with E-state index in [0.29, 0.717) is 37.2 Å². The van der Waals surface area contributed by atoms with Gasteiger partial charge in [0, 0.05) is 49.2 Å². The predicted octanol–water partition coefficient (Wildman–Crippen LogP) is 1.69. The Morgan fingerprint density at radius 3 is 2.72 bits per heavy atom. The number of nitrogens with one attached hydrogen (secondary N) is 1. The van der Waals surface area contributed by atoms with Gasteiger partial charge >= 0.3 is 0 Å². The van der Waals surface area contributed by atoms with Crippen LogP contribution >= 0.6 is 0 Å². The number of amides is 1. The lowest BCUT2D eigenvalue weighted by atomic mass is 10.1. The molecule has 2 aromatic rings. The molecule has 0 unspecified atom stereocenters. The van der Waals surface area contributed by atoms with Crippen LogP contribution in [0.2, 0.25) is 0 Å². The zero-order valence-corrected chi connectivity index (χ0v) is 13.6. The van der Waals surface area contributed by atoms with Crippen molar-refractivity contribution in [3.63, 3.8) is 0 Å². The van der Waals surface area contributed by atoms with Crippen molar-refractivity contribution >= 4 is 5.91 Å². The van der Waals surface area contributed by atoms with Crippen LogP contribution in [0.4, 0.5) is 4.39 Å². The van der Waals surface area contributed by atoms with Crippen LogP contribution in [-0.4, -0.2) is 46.1 Å². The van der Waals surface area contributed by atoms with Crippen LogP contribution in [-0.2, 0) is 6.54 Å². The maximum atomic E-state index is 13.8. The van der Waals surface area contributed by atoms with Gasteiger partial charge in [0.25, 0.3) is 5.91 Å². The van der Waals surface area contributed by atoms with E-state index in [0.717, 1.165) is 5.56 Å². The van der Waals surface area contributed by atoms with Crippen molar-refractivity contribution in [1.29, 1.82) is 5.26 Å². The second-order valence-electron chi connectivity index (χ2n) is 6.06. The molecule has 6 nitrogen and oxygen atoms in total. The molecule has 1 N–H and O–H groups in total. The molecule has 7 heteroatoms. The first kappa shape index (κ1) is 17.0. The molecular formula is C18H18FN5O. The van der Waals surface area contributed by atoms with Crippen molar-refractivity contribution in [2.45, 2.75) is 25.2 Å². The van der Waals surface area contributed by atoms with Crippen LogP contribution in [0.1, 0.15) is 27.9 Å². The maximum absolute atomic E-state index is 13.8. The van der Waals surface area contributed by atoms with Crippen LogP contribution in [0.3, 0.4) is 0 Å². The van der Waals surface area contributed by atoms with Crippen LogP contribution in [0.5, 0.6) is 0 Å². The Balaban J connectivity index is 1.58. The van der Waals surface area contributed by atoms with Crippen LogP contribution < -0.4 is 5.32 Å². The SMILES string of the molecule is N#Cc1ccc(C(=O)NC[C@@H]2C[C@H](F)CN2Cc2cncnc2)cc1. The third-order valence-electron chi connectivity index (χ3n) is 4.25.